The predicted molar refractivity (Wildman–Crippen MR) is 154 cm³/mol. The number of hydrogen-bond acceptors (Lipinski definition) is 7. The Morgan fingerprint density at radius 1 is 0.953 bits per heavy atom. The SMILES string of the molecule is CC(=O)OC(C(N)=O)c1c(-c2ccccc2)c2c(N(NC(=O)c3ccc(F)c(F)c3)c3ccccc3)ccnc2[nH]c1=O. The fourth-order valence-electron chi connectivity index (χ4n) is 4.63. The van der Waals surface area contributed by atoms with E-state index in [1.807, 2.05) is 0 Å². The maximum Gasteiger partial charge on any atom is 0.303 e. The third-order valence-electron chi connectivity index (χ3n) is 6.44. The summed E-state index contributed by atoms with van der Waals surface area (Å²) in [6.07, 6.45) is -0.379. The number of esters is 1. The molecule has 0 spiro atoms. The predicted octanol–water partition coefficient (Wildman–Crippen LogP) is 4.44. The number of benzene rings is 3. The maximum atomic E-state index is 14.0. The van der Waals surface area contributed by atoms with Crippen molar-refractivity contribution < 1.29 is 27.9 Å². The van der Waals surface area contributed by atoms with Gasteiger partial charge in [-0.3, -0.25) is 29.6 Å². The highest BCUT2D eigenvalue weighted by molar-refractivity contribution is 6.06. The molecule has 0 aliphatic heterocycles. The van der Waals surface area contributed by atoms with Gasteiger partial charge in [-0.05, 0) is 42.0 Å². The van der Waals surface area contributed by atoms with Gasteiger partial charge in [-0.1, -0.05) is 48.5 Å². The molecule has 0 aliphatic carbocycles. The molecule has 1 atom stereocenters. The molecular formula is C31H23F2N5O5. The third kappa shape index (κ3) is 5.79. The van der Waals surface area contributed by atoms with Crippen LogP contribution >= 0.6 is 0 Å². The fraction of sp³-hybridized carbons (Fsp3) is 0.0645. The van der Waals surface area contributed by atoms with Gasteiger partial charge in [0.1, 0.15) is 5.65 Å². The van der Waals surface area contributed by atoms with Crippen molar-refractivity contribution >= 4 is 40.2 Å². The maximum absolute atomic E-state index is 14.0. The van der Waals surface area contributed by atoms with E-state index in [1.54, 1.807) is 66.7 Å². The van der Waals surface area contributed by atoms with E-state index in [-0.39, 0.29) is 33.4 Å². The van der Waals surface area contributed by atoms with Crippen molar-refractivity contribution in [1.82, 2.24) is 15.4 Å². The Morgan fingerprint density at radius 3 is 2.26 bits per heavy atom. The molecule has 43 heavy (non-hydrogen) atoms. The van der Waals surface area contributed by atoms with Gasteiger partial charge in [-0.25, -0.2) is 13.8 Å². The van der Waals surface area contributed by atoms with Crippen LogP contribution in [0, 0.1) is 11.6 Å². The number of aromatic nitrogens is 2. The number of halogens is 2. The van der Waals surface area contributed by atoms with Crippen LogP contribution in [-0.4, -0.2) is 27.8 Å². The molecule has 0 bridgehead atoms. The minimum absolute atomic E-state index is 0.0687. The second-order valence-corrected chi connectivity index (χ2v) is 9.30. The summed E-state index contributed by atoms with van der Waals surface area (Å²) in [7, 11) is 0. The number of carbonyl (C=O) groups is 3. The molecule has 2 amide bonds. The number of rotatable bonds is 8. The van der Waals surface area contributed by atoms with Crippen molar-refractivity contribution in [3.05, 3.63) is 124 Å². The molecule has 0 fully saturated rings. The topological polar surface area (TPSA) is 147 Å². The van der Waals surface area contributed by atoms with E-state index in [4.69, 9.17) is 10.5 Å². The van der Waals surface area contributed by atoms with Crippen molar-refractivity contribution in [2.45, 2.75) is 13.0 Å². The van der Waals surface area contributed by atoms with Crippen LogP contribution in [0.2, 0.25) is 0 Å². The smallest absolute Gasteiger partial charge is 0.303 e. The Hall–Kier alpha value is -5.91. The van der Waals surface area contributed by atoms with Crippen molar-refractivity contribution in [3.8, 4) is 11.1 Å². The summed E-state index contributed by atoms with van der Waals surface area (Å²) >= 11 is 0. The van der Waals surface area contributed by atoms with Crippen LogP contribution in [0.5, 0.6) is 0 Å². The molecule has 0 saturated carbocycles. The van der Waals surface area contributed by atoms with Crippen molar-refractivity contribution in [2.75, 3.05) is 5.01 Å². The third-order valence-corrected chi connectivity index (χ3v) is 6.44. The number of pyridine rings is 2. The molecule has 1 unspecified atom stereocenters. The highest BCUT2D eigenvalue weighted by Gasteiger charge is 2.31. The van der Waals surface area contributed by atoms with Crippen LogP contribution in [0.25, 0.3) is 22.2 Å². The molecule has 3 aromatic carbocycles. The van der Waals surface area contributed by atoms with E-state index in [2.05, 4.69) is 15.4 Å². The zero-order chi connectivity index (χ0) is 30.7. The number of hydrazine groups is 1. The molecule has 0 saturated heterocycles. The van der Waals surface area contributed by atoms with Gasteiger partial charge in [-0.15, -0.1) is 0 Å². The van der Waals surface area contributed by atoms with Gasteiger partial charge in [0, 0.05) is 24.2 Å². The van der Waals surface area contributed by atoms with Crippen LogP contribution in [0.4, 0.5) is 20.2 Å². The number of nitrogens with one attached hydrogen (secondary N) is 2. The number of nitrogens with zero attached hydrogens (tertiary/aromatic N) is 2. The lowest BCUT2D eigenvalue weighted by Gasteiger charge is -2.28. The first-order valence-corrected chi connectivity index (χ1v) is 12.8. The van der Waals surface area contributed by atoms with Gasteiger partial charge in [0.15, 0.2) is 11.6 Å². The zero-order valence-corrected chi connectivity index (χ0v) is 22.5. The summed E-state index contributed by atoms with van der Waals surface area (Å²) in [5.74, 6) is -5.04. The largest absolute Gasteiger partial charge is 0.447 e. The molecule has 4 N–H and O–H groups in total. The Bertz CT molecular complexity index is 1920. The zero-order valence-electron chi connectivity index (χ0n) is 22.5. The van der Waals surface area contributed by atoms with Gasteiger partial charge >= 0.3 is 5.97 Å². The second kappa shape index (κ2) is 11.9. The summed E-state index contributed by atoms with van der Waals surface area (Å²) in [6.45, 7) is 1.07. The molecule has 0 radical (unpaired) electrons. The molecule has 5 rings (SSSR count). The molecule has 5 aromatic rings. The number of primary amides is 1. The van der Waals surface area contributed by atoms with Gasteiger partial charge < -0.3 is 15.5 Å². The van der Waals surface area contributed by atoms with E-state index in [0.29, 0.717) is 11.3 Å². The highest BCUT2D eigenvalue weighted by atomic mass is 19.2. The highest BCUT2D eigenvalue weighted by Crippen LogP contribution is 2.39. The minimum Gasteiger partial charge on any atom is -0.447 e. The minimum atomic E-state index is -1.77. The number of aromatic amines is 1. The number of anilines is 2. The molecule has 216 valence electrons. The quantitative estimate of drug-likeness (QED) is 0.181. The number of hydrogen-bond donors (Lipinski definition) is 3. The van der Waals surface area contributed by atoms with E-state index < -0.39 is 41.1 Å². The lowest BCUT2D eigenvalue weighted by atomic mass is 9.93. The number of amides is 2. The van der Waals surface area contributed by atoms with Crippen molar-refractivity contribution in [2.24, 2.45) is 5.73 Å². The van der Waals surface area contributed by atoms with Gasteiger partial charge in [0.05, 0.1) is 22.3 Å². The number of ether oxygens (including phenoxy) is 1. The van der Waals surface area contributed by atoms with Crippen molar-refractivity contribution in [1.29, 1.82) is 0 Å². The summed E-state index contributed by atoms with van der Waals surface area (Å²) < 4.78 is 32.8. The second-order valence-electron chi connectivity index (χ2n) is 9.30. The Labute approximate surface area is 242 Å². The van der Waals surface area contributed by atoms with E-state index in [9.17, 15) is 28.0 Å². The van der Waals surface area contributed by atoms with Crippen LogP contribution < -0.4 is 21.7 Å². The molecular weight excluding hydrogens is 560 g/mol. The van der Waals surface area contributed by atoms with Gasteiger partial charge in [0.2, 0.25) is 6.10 Å². The summed E-state index contributed by atoms with van der Waals surface area (Å²) in [4.78, 5) is 58.3. The molecule has 12 heteroatoms. The summed E-state index contributed by atoms with van der Waals surface area (Å²) in [5.41, 5.74) is 8.49. The molecule has 0 aliphatic rings. The average molecular weight is 584 g/mol. The van der Waals surface area contributed by atoms with Gasteiger partial charge in [0.25, 0.3) is 17.4 Å². The first-order valence-electron chi connectivity index (χ1n) is 12.8. The lowest BCUT2D eigenvalue weighted by Crippen LogP contribution is -2.39. The fourth-order valence-corrected chi connectivity index (χ4v) is 4.63. The number of H-pyrrole nitrogens is 1. The molecule has 2 aromatic heterocycles. The number of nitrogens with two attached hydrogens (primary N) is 1. The van der Waals surface area contributed by atoms with E-state index in [1.165, 1.54) is 11.2 Å². The van der Waals surface area contributed by atoms with Crippen molar-refractivity contribution in [3.63, 3.8) is 0 Å². The monoisotopic (exact) mass is 583 g/mol. The van der Waals surface area contributed by atoms with Crippen LogP contribution in [0.3, 0.4) is 0 Å². The number of carbonyl (C=O) groups excluding carboxylic acids is 3. The Kier molecular flexibility index (Phi) is 7.92. The lowest BCUT2D eigenvalue weighted by molar-refractivity contribution is -0.153. The van der Waals surface area contributed by atoms with Crippen LogP contribution in [0.15, 0.2) is 95.9 Å². The Balaban J connectivity index is 1.82. The first-order chi connectivity index (χ1) is 20.7. The standard InChI is InChI=1S/C31H23F2N5O5/c1-17(39)43-27(28(34)40)26-24(18-8-4-2-5-9-18)25-23(14-15-35-29(25)36-31(26)42)38(20-10-6-3-7-11-20)37-30(41)19-12-13-21(32)22(33)16-19/h2-16,27H,1H3,(H2,34,40)(H,37,41)(H,35,36,42). The van der Waals surface area contributed by atoms with Crippen LogP contribution in [0.1, 0.15) is 28.9 Å². The average Bonchev–Trinajstić information content (AvgIpc) is 3.00. The summed E-state index contributed by atoms with van der Waals surface area (Å²) in [6, 6.07) is 21.3. The van der Waals surface area contributed by atoms with E-state index >= 15 is 0 Å². The summed E-state index contributed by atoms with van der Waals surface area (Å²) in [5, 5.41) is 1.61. The van der Waals surface area contributed by atoms with Crippen LogP contribution in [-0.2, 0) is 14.3 Å². The molecule has 10 nitrogen and oxygen atoms in total. The number of para-hydroxylation sites is 1. The number of fused-ring (bicyclic) bond motifs is 1. The van der Waals surface area contributed by atoms with Gasteiger partial charge in [-0.2, -0.15) is 0 Å². The first kappa shape index (κ1) is 28.6. The van der Waals surface area contributed by atoms with E-state index in [0.717, 1.165) is 25.1 Å². The normalized spacial score (nSPS) is 11.5. The molecule has 2 heterocycles. The Morgan fingerprint density at radius 2 is 1.63 bits per heavy atom.